The van der Waals surface area contributed by atoms with E-state index in [2.05, 4.69) is 45.5 Å². The van der Waals surface area contributed by atoms with Crippen molar-refractivity contribution in [2.24, 2.45) is 0 Å². The molecule has 0 aliphatic heterocycles. The Balaban J connectivity index is 2.26. The average Bonchev–Trinajstić information content (AvgIpc) is 2.58. The van der Waals surface area contributed by atoms with Gasteiger partial charge in [-0.1, -0.05) is 31.2 Å². The molecule has 0 radical (unpaired) electrons. The van der Waals surface area contributed by atoms with E-state index in [0.717, 1.165) is 33.9 Å². The van der Waals surface area contributed by atoms with Crippen molar-refractivity contribution in [1.29, 1.82) is 0 Å². The maximum Gasteiger partial charge on any atom is 0.157 e. The molecule has 0 saturated heterocycles. The molecule has 0 spiro atoms. The lowest BCUT2D eigenvalue weighted by molar-refractivity contribution is 0.0889. The number of aromatic nitrogens is 3. The number of aryl methyl sites for hydroxylation is 1. The summed E-state index contributed by atoms with van der Waals surface area (Å²) in [5.74, 6) is 0.671. The third-order valence-electron chi connectivity index (χ3n) is 3.37. The monoisotopic (exact) mass is 389 g/mol. The quantitative estimate of drug-likeness (QED) is 0.419. The van der Waals surface area contributed by atoms with Crippen LogP contribution in [0.25, 0.3) is 11.0 Å². The minimum atomic E-state index is -1.07. The first-order chi connectivity index (χ1) is 9.70. The van der Waals surface area contributed by atoms with Crippen LogP contribution in [0.2, 0.25) is 30.8 Å². The van der Waals surface area contributed by atoms with Crippen molar-refractivity contribution in [3.8, 4) is 0 Å². The van der Waals surface area contributed by atoms with Crippen LogP contribution in [0.3, 0.4) is 0 Å². The van der Waals surface area contributed by atoms with Crippen molar-refractivity contribution in [3.63, 3.8) is 0 Å². The Hall–Kier alpha value is -0.433. The Morgan fingerprint density at radius 2 is 1.90 bits per heavy atom. The number of hydrogen-bond acceptors (Lipinski definition) is 3. The summed E-state index contributed by atoms with van der Waals surface area (Å²) >= 11 is 9.89. The molecule has 0 amide bonds. The van der Waals surface area contributed by atoms with E-state index in [0.29, 0.717) is 17.7 Å². The molecule has 2 aromatic heterocycles. The largest absolute Gasteiger partial charge is 0.361 e. The highest BCUT2D eigenvalue weighted by Gasteiger charge is 2.18. The van der Waals surface area contributed by atoms with E-state index in [-0.39, 0.29) is 0 Å². The Morgan fingerprint density at radius 3 is 2.52 bits per heavy atom. The number of halogens is 2. The van der Waals surface area contributed by atoms with Gasteiger partial charge in [-0.15, -0.1) is 0 Å². The molecule has 116 valence electrons. The summed E-state index contributed by atoms with van der Waals surface area (Å²) in [4.78, 5) is 8.72. The first-order valence-corrected chi connectivity index (χ1v) is 11.8. The highest BCUT2D eigenvalue weighted by molar-refractivity contribution is 9.10. The van der Waals surface area contributed by atoms with Gasteiger partial charge in [0.2, 0.25) is 0 Å². The van der Waals surface area contributed by atoms with Gasteiger partial charge in [0, 0.05) is 20.4 Å². The number of hydrogen-bond donors (Lipinski definition) is 0. The predicted octanol–water partition coefficient (Wildman–Crippen LogP) is 4.78. The van der Waals surface area contributed by atoms with E-state index in [4.69, 9.17) is 16.3 Å². The summed E-state index contributed by atoms with van der Waals surface area (Å²) in [5, 5.41) is 0.472. The third kappa shape index (κ3) is 3.86. The second kappa shape index (κ2) is 6.36. The van der Waals surface area contributed by atoms with Crippen molar-refractivity contribution in [2.75, 3.05) is 6.61 Å². The van der Waals surface area contributed by atoms with Crippen LogP contribution in [-0.4, -0.2) is 29.2 Å². The zero-order valence-electron chi connectivity index (χ0n) is 13.1. The van der Waals surface area contributed by atoms with Gasteiger partial charge in [0.25, 0.3) is 0 Å². The Kier molecular flexibility index (Phi) is 5.13. The molecule has 0 unspecified atom stereocenters. The molecule has 4 nitrogen and oxygen atoms in total. The van der Waals surface area contributed by atoms with E-state index < -0.39 is 8.07 Å². The van der Waals surface area contributed by atoms with E-state index in [1.54, 1.807) is 0 Å². The van der Waals surface area contributed by atoms with Crippen LogP contribution in [0, 0.1) is 13.8 Å². The minimum Gasteiger partial charge on any atom is -0.361 e. The second-order valence-electron chi connectivity index (χ2n) is 6.43. The standard InChI is InChI=1S/C14H21BrClN3OSi/c1-9-11(15)12-13(14(16)18-10(2)17-12)19(9)8-20-6-7-21(3,4)5/h6-8H2,1-5H3. The number of nitrogens with zero attached hydrogens (tertiary/aromatic N) is 3. The lowest BCUT2D eigenvalue weighted by Gasteiger charge is -2.16. The molecule has 0 bridgehead atoms. The normalized spacial score (nSPS) is 12.3. The Bertz CT molecular complexity index is 667. The molecular formula is C14H21BrClN3OSi. The van der Waals surface area contributed by atoms with Gasteiger partial charge in [0.1, 0.15) is 23.6 Å². The van der Waals surface area contributed by atoms with E-state index in [1.807, 2.05) is 18.4 Å². The number of ether oxygens (including phenoxy) is 1. The van der Waals surface area contributed by atoms with Crippen LogP contribution >= 0.6 is 27.5 Å². The van der Waals surface area contributed by atoms with Gasteiger partial charge in [-0.05, 0) is 35.8 Å². The number of fused-ring (bicyclic) bond motifs is 1. The first kappa shape index (κ1) is 16.9. The van der Waals surface area contributed by atoms with Crippen molar-refractivity contribution in [3.05, 3.63) is 21.1 Å². The fourth-order valence-corrected chi connectivity index (χ4v) is 3.64. The molecule has 0 atom stereocenters. The SMILES string of the molecule is Cc1nc(Cl)c2c(n1)c(Br)c(C)n2COCC[Si](C)(C)C. The molecule has 0 aromatic carbocycles. The molecular weight excluding hydrogens is 370 g/mol. The summed E-state index contributed by atoms with van der Waals surface area (Å²) in [6.07, 6.45) is 0. The van der Waals surface area contributed by atoms with Crippen LogP contribution in [0.15, 0.2) is 4.47 Å². The lowest BCUT2D eigenvalue weighted by atomic mass is 10.4. The summed E-state index contributed by atoms with van der Waals surface area (Å²) < 4.78 is 8.84. The average molecular weight is 391 g/mol. The molecule has 21 heavy (non-hydrogen) atoms. The van der Waals surface area contributed by atoms with Crippen LogP contribution < -0.4 is 0 Å². The van der Waals surface area contributed by atoms with Crippen molar-refractivity contribution < 1.29 is 4.74 Å². The molecule has 0 saturated carbocycles. The second-order valence-corrected chi connectivity index (χ2v) is 13.2. The third-order valence-corrected chi connectivity index (χ3v) is 6.29. The zero-order valence-corrected chi connectivity index (χ0v) is 16.5. The molecule has 2 heterocycles. The summed E-state index contributed by atoms with van der Waals surface area (Å²) in [5.41, 5.74) is 2.73. The van der Waals surface area contributed by atoms with E-state index >= 15 is 0 Å². The predicted molar refractivity (Wildman–Crippen MR) is 93.8 cm³/mol. The van der Waals surface area contributed by atoms with Crippen LogP contribution in [0.1, 0.15) is 11.5 Å². The fourth-order valence-electron chi connectivity index (χ4n) is 2.08. The molecule has 0 aliphatic rings. The van der Waals surface area contributed by atoms with Crippen molar-refractivity contribution in [1.82, 2.24) is 14.5 Å². The smallest absolute Gasteiger partial charge is 0.157 e. The summed E-state index contributed by atoms with van der Waals surface area (Å²) in [6.45, 7) is 12.2. The molecule has 0 fully saturated rings. The minimum absolute atomic E-state index is 0.472. The molecule has 7 heteroatoms. The van der Waals surface area contributed by atoms with Gasteiger partial charge in [-0.25, -0.2) is 9.97 Å². The summed E-state index contributed by atoms with van der Waals surface area (Å²) in [6, 6.07) is 1.15. The van der Waals surface area contributed by atoms with E-state index in [9.17, 15) is 0 Å². The van der Waals surface area contributed by atoms with Crippen LogP contribution in [-0.2, 0) is 11.5 Å². The van der Waals surface area contributed by atoms with Gasteiger partial charge in [0.05, 0.1) is 4.47 Å². The van der Waals surface area contributed by atoms with Crippen LogP contribution in [0.4, 0.5) is 0 Å². The molecule has 2 aromatic rings. The summed E-state index contributed by atoms with van der Waals surface area (Å²) in [7, 11) is -1.07. The van der Waals surface area contributed by atoms with Gasteiger partial charge < -0.3 is 9.30 Å². The zero-order chi connectivity index (χ0) is 15.8. The first-order valence-electron chi connectivity index (χ1n) is 6.97. The Morgan fingerprint density at radius 1 is 1.24 bits per heavy atom. The van der Waals surface area contributed by atoms with Crippen LogP contribution in [0.5, 0.6) is 0 Å². The fraction of sp³-hybridized carbons (Fsp3) is 0.571. The lowest BCUT2D eigenvalue weighted by Crippen LogP contribution is -2.22. The van der Waals surface area contributed by atoms with Crippen molar-refractivity contribution in [2.45, 2.75) is 46.3 Å². The topological polar surface area (TPSA) is 39.9 Å². The van der Waals surface area contributed by atoms with Crippen molar-refractivity contribution >= 4 is 46.6 Å². The van der Waals surface area contributed by atoms with Gasteiger partial charge >= 0.3 is 0 Å². The van der Waals surface area contributed by atoms with E-state index in [1.165, 1.54) is 0 Å². The molecule has 0 N–H and O–H groups in total. The van der Waals surface area contributed by atoms with Gasteiger partial charge in [0.15, 0.2) is 5.15 Å². The van der Waals surface area contributed by atoms with Gasteiger partial charge in [-0.2, -0.15) is 0 Å². The Labute approximate surface area is 140 Å². The number of rotatable bonds is 5. The maximum absolute atomic E-state index is 6.30. The molecule has 0 aliphatic carbocycles. The highest BCUT2D eigenvalue weighted by atomic mass is 79.9. The maximum atomic E-state index is 6.30. The van der Waals surface area contributed by atoms with Gasteiger partial charge in [-0.3, -0.25) is 0 Å². The molecule has 2 rings (SSSR count). The highest BCUT2D eigenvalue weighted by Crippen LogP contribution is 2.32.